The molecule has 1 unspecified atom stereocenters. The summed E-state index contributed by atoms with van der Waals surface area (Å²) in [7, 11) is 1.96. The second-order valence-electron chi connectivity index (χ2n) is 4.66. The molecule has 0 radical (unpaired) electrons. The van der Waals surface area contributed by atoms with Crippen molar-refractivity contribution in [1.82, 2.24) is 5.32 Å². The second kappa shape index (κ2) is 5.87. The normalized spacial score (nSPS) is 19.3. The summed E-state index contributed by atoms with van der Waals surface area (Å²) >= 11 is 0. The second-order valence-corrected chi connectivity index (χ2v) is 4.66. The lowest BCUT2D eigenvalue weighted by molar-refractivity contribution is 0.227. The summed E-state index contributed by atoms with van der Waals surface area (Å²) in [5.74, 6) is 1.02. The van der Waals surface area contributed by atoms with Crippen LogP contribution in [0.4, 0.5) is 0 Å². The number of hydrogen-bond acceptors (Lipinski definition) is 2. The Morgan fingerprint density at radius 1 is 1.41 bits per heavy atom. The minimum absolute atomic E-state index is 0.252. The van der Waals surface area contributed by atoms with Crippen LogP contribution >= 0.6 is 0 Å². The zero-order valence-corrected chi connectivity index (χ0v) is 10.7. The Morgan fingerprint density at radius 2 is 2.29 bits per heavy atom. The van der Waals surface area contributed by atoms with Crippen LogP contribution in [0.3, 0.4) is 0 Å². The van der Waals surface area contributed by atoms with Gasteiger partial charge in [0.1, 0.15) is 11.9 Å². The van der Waals surface area contributed by atoms with Gasteiger partial charge in [-0.2, -0.15) is 0 Å². The fourth-order valence-electron chi connectivity index (χ4n) is 2.19. The van der Waals surface area contributed by atoms with E-state index < -0.39 is 0 Å². The Balaban J connectivity index is 2.13. The molecule has 2 rings (SSSR count). The van der Waals surface area contributed by atoms with E-state index in [4.69, 9.17) is 4.74 Å². The van der Waals surface area contributed by atoms with Gasteiger partial charge in [-0.3, -0.25) is 0 Å². The van der Waals surface area contributed by atoms with Crippen molar-refractivity contribution >= 4 is 0 Å². The lowest BCUT2D eigenvalue weighted by Crippen LogP contribution is -2.17. The molecule has 0 spiro atoms. The predicted octanol–water partition coefficient (Wildman–Crippen LogP) is 3.20. The van der Waals surface area contributed by atoms with E-state index in [2.05, 4.69) is 42.6 Å². The molecule has 0 aliphatic heterocycles. The molecule has 2 heteroatoms. The van der Waals surface area contributed by atoms with Gasteiger partial charge >= 0.3 is 0 Å². The maximum absolute atomic E-state index is 6.07. The first kappa shape index (κ1) is 12.2. The summed E-state index contributed by atoms with van der Waals surface area (Å²) < 4.78 is 6.07. The van der Waals surface area contributed by atoms with Gasteiger partial charge in [0.25, 0.3) is 0 Å². The average molecular weight is 231 g/mol. The van der Waals surface area contributed by atoms with Gasteiger partial charge in [-0.15, -0.1) is 0 Å². The summed E-state index contributed by atoms with van der Waals surface area (Å²) in [5, 5.41) is 3.19. The molecule has 1 aliphatic carbocycles. The molecule has 0 heterocycles. The standard InChI is InChI=1S/C15H21NO/c1-12-8-9-15(13(10-12)11-16-2)17-14-6-4-3-5-7-14/h4,6,8-10,14,16H,3,5,7,11H2,1-2H3. The Bertz CT molecular complexity index is 398. The molecule has 2 nitrogen and oxygen atoms in total. The molecule has 1 aromatic rings. The molecular formula is C15H21NO. The SMILES string of the molecule is CNCc1cc(C)ccc1OC1C=CCCC1. The van der Waals surface area contributed by atoms with Gasteiger partial charge in [-0.25, -0.2) is 0 Å². The molecular weight excluding hydrogens is 210 g/mol. The van der Waals surface area contributed by atoms with E-state index in [-0.39, 0.29) is 6.10 Å². The summed E-state index contributed by atoms with van der Waals surface area (Å²) in [5.41, 5.74) is 2.52. The van der Waals surface area contributed by atoms with Crippen molar-refractivity contribution in [2.45, 2.75) is 38.8 Å². The first-order valence-corrected chi connectivity index (χ1v) is 6.37. The Kier molecular flexibility index (Phi) is 4.21. The highest BCUT2D eigenvalue weighted by atomic mass is 16.5. The number of allylic oxidation sites excluding steroid dienone is 1. The van der Waals surface area contributed by atoms with Crippen LogP contribution in [0.15, 0.2) is 30.4 Å². The topological polar surface area (TPSA) is 21.3 Å². The Labute approximate surface area is 104 Å². The van der Waals surface area contributed by atoms with Gasteiger partial charge in [-0.05, 0) is 45.4 Å². The lowest BCUT2D eigenvalue weighted by atomic mass is 10.0. The van der Waals surface area contributed by atoms with Gasteiger partial charge < -0.3 is 10.1 Å². The Hall–Kier alpha value is -1.28. The molecule has 0 fully saturated rings. The Morgan fingerprint density at radius 3 is 3.00 bits per heavy atom. The van der Waals surface area contributed by atoms with Crippen molar-refractivity contribution in [1.29, 1.82) is 0 Å². The highest BCUT2D eigenvalue weighted by molar-refractivity contribution is 5.37. The maximum Gasteiger partial charge on any atom is 0.124 e. The minimum atomic E-state index is 0.252. The van der Waals surface area contributed by atoms with Crippen LogP contribution in [0, 0.1) is 6.92 Å². The fourth-order valence-corrected chi connectivity index (χ4v) is 2.19. The van der Waals surface area contributed by atoms with Crippen LogP contribution in [-0.2, 0) is 6.54 Å². The molecule has 1 atom stereocenters. The van der Waals surface area contributed by atoms with Crippen molar-refractivity contribution in [2.75, 3.05) is 7.05 Å². The molecule has 0 saturated carbocycles. The van der Waals surface area contributed by atoms with E-state index >= 15 is 0 Å². The van der Waals surface area contributed by atoms with E-state index in [0.717, 1.165) is 18.7 Å². The smallest absolute Gasteiger partial charge is 0.124 e. The van der Waals surface area contributed by atoms with Crippen LogP contribution in [-0.4, -0.2) is 13.2 Å². The van der Waals surface area contributed by atoms with Crippen molar-refractivity contribution in [3.63, 3.8) is 0 Å². The molecule has 0 bridgehead atoms. The summed E-state index contributed by atoms with van der Waals surface area (Å²) in [6.45, 7) is 2.97. The van der Waals surface area contributed by atoms with Crippen molar-refractivity contribution in [2.24, 2.45) is 0 Å². The average Bonchev–Trinajstić information content (AvgIpc) is 2.34. The van der Waals surface area contributed by atoms with Gasteiger partial charge in [0.15, 0.2) is 0 Å². The number of aryl methyl sites for hydroxylation is 1. The molecule has 17 heavy (non-hydrogen) atoms. The van der Waals surface area contributed by atoms with E-state index in [1.165, 1.54) is 24.0 Å². The summed E-state index contributed by atoms with van der Waals surface area (Å²) in [6.07, 6.45) is 8.21. The highest BCUT2D eigenvalue weighted by Gasteiger charge is 2.12. The number of benzene rings is 1. The fraction of sp³-hybridized carbons (Fsp3) is 0.467. The predicted molar refractivity (Wildman–Crippen MR) is 71.3 cm³/mol. The monoisotopic (exact) mass is 231 g/mol. The third kappa shape index (κ3) is 3.34. The van der Waals surface area contributed by atoms with Crippen LogP contribution in [0.5, 0.6) is 5.75 Å². The number of rotatable bonds is 4. The van der Waals surface area contributed by atoms with Crippen molar-refractivity contribution < 1.29 is 4.74 Å². The van der Waals surface area contributed by atoms with Crippen molar-refractivity contribution in [3.8, 4) is 5.75 Å². The first-order valence-electron chi connectivity index (χ1n) is 6.37. The molecule has 1 aromatic carbocycles. The molecule has 0 saturated heterocycles. The third-order valence-electron chi connectivity index (χ3n) is 3.07. The van der Waals surface area contributed by atoms with E-state index in [9.17, 15) is 0 Å². The van der Waals surface area contributed by atoms with Gasteiger partial charge in [0, 0.05) is 12.1 Å². The van der Waals surface area contributed by atoms with Crippen LogP contribution in [0.1, 0.15) is 30.4 Å². The van der Waals surface area contributed by atoms with Crippen molar-refractivity contribution in [3.05, 3.63) is 41.5 Å². The molecule has 0 amide bonds. The summed E-state index contributed by atoms with van der Waals surface area (Å²) in [6, 6.07) is 6.39. The lowest BCUT2D eigenvalue weighted by Gasteiger charge is -2.20. The van der Waals surface area contributed by atoms with Gasteiger partial charge in [0.05, 0.1) is 0 Å². The summed E-state index contributed by atoms with van der Waals surface area (Å²) in [4.78, 5) is 0. The van der Waals surface area contributed by atoms with Gasteiger partial charge in [0.2, 0.25) is 0 Å². The molecule has 0 aromatic heterocycles. The molecule has 92 valence electrons. The largest absolute Gasteiger partial charge is 0.486 e. The van der Waals surface area contributed by atoms with Crippen LogP contribution in [0.2, 0.25) is 0 Å². The van der Waals surface area contributed by atoms with Crippen LogP contribution in [0.25, 0.3) is 0 Å². The van der Waals surface area contributed by atoms with Gasteiger partial charge in [-0.1, -0.05) is 23.8 Å². The number of ether oxygens (including phenoxy) is 1. The molecule has 1 N–H and O–H groups in total. The van der Waals surface area contributed by atoms with E-state index in [1.54, 1.807) is 0 Å². The van der Waals surface area contributed by atoms with E-state index in [1.807, 2.05) is 7.05 Å². The first-order chi connectivity index (χ1) is 8.29. The maximum atomic E-state index is 6.07. The number of hydrogen-bond donors (Lipinski definition) is 1. The van der Waals surface area contributed by atoms with Crippen LogP contribution < -0.4 is 10.1 Å². The van der Waals surface area contributed by atoms with E-state index in [0.29, 0.717) is 0 Å². The zero-order chi connectivity index (χ0) is 12.1. The highest BCUT2D eigenvalue weighted by Crippen LogP contribution is 2.24. The minimum Gasteiger partial charge on any atom is -0.486 e. The number of nitrogens with one attached hydrogen (secondary N) is 1. The zero-order valence-electron chi connectivity index (χ0n) is 10.7. The third-order valence-corrected chi connectivity index (χ3v) is 3.07. The molecule has 1 aliphatic rings. The quantitative estimate of drug-likeness (QED) is 0.803.